The number of carbonyl (C=O) groups excluding carboxylic acids is 1. The summed E-state index contributed by atoms with van der Waals surface area (Å²) in [6.45, 7) is 0.414. The molecule has 1 aromatic carbocycles. The first-order chi connectivity index (χ1) is 9.79. The molecule has 0 aliphatic carbocycles. The van der Waals surface area contributed by atoms with Gasteiger partial charge in [-0.3, -0.25) is 0 Å². The summed E-state index contributed by atoms with van der Waals surface area (Å²) < 4.78 is 10.2. The Morgan fingerprint density at radius 2 is 2.15 bits per heavy atom. The summed E-state index contributed by atoms with van der Waals surface area (Å²) >= 11 is 0. The highest BCUT2D eigenvalue weighted by Crippen LogP contribution is 2.06. The normalized spacial score (nSPS) is 10.2. The van der Waals surface area contributed by atoms with E-state index >= 15 is 0 Å². The van der Waals surface area contributed by atoms with E-state index in [1.807, 2.05) is 30.3 Å². The van der Waals surface area contributed by atoms with E-state index in [2.05, 4.69) is 10.3 Å². The molecule has 106 valence electrons. The van der Waals surface area contributed by atoms with Gasteiger partial charge in [-0.05, 0) is 5.56 Å². The number of aliphatic hydroxyl groups is 1. The first-order valence-electron chi connectivity index (χ1n) is 6.26. The summed E-state index contributed by atoms with van der Waals surface area (Å²) in [6, 6.07) is 9.44. The van der Waals surface area contributed by atoms with Crippen LogP contribution in [0.4, 0.5) is 4.79 Å². The number of nitrogens with zero attached hydrogens (tertiary/aromatic N) is 1. The summed E-state index contributed by atoms with van der Waals surface area (Å²) in [5.74, 6) is 0.566. The molecular formula is C14H16N2O4. The SMILES string of the molecule is O=C(NCCc1ocnc1CO)OCc1ccccc1. The van der Waals surface area contributed by atoms with Crippen LogP contribution in [0, 0.1) is 0 Å². The lowest BCUT2D eigenvalue weighted by atomic mass is 10.2. The van der Waals surface area contributed by atoms with Crippen molar-refractivity contribution in [2.75, 3.05) is 6.54 Å². The van der Waals surface area contributed by atoms with Gasteiger partial charge in [0.15, 0.2) is 6.39 Å². The molecule has 20 heavy (non-hydrogen) atoms. The van der Waals surface area contributed by atoms with Gasteiger partial charge in [0, 0.05) is 13.0 Å². The Morgan fingerprint density at radius 1 is 1.35 bits per heavy atom. The predicted octanol–water partition coefficient (Wildman–Crippen LogP) is 1.64. The third kappa shape index (κ3) is 4.10. The maximum atomic E-state index is 11.5. The van der Waals surface area contributed by atoms with Gasteiger partial charge in [0.05, 0.1) is 6.61 Å². The topological polar surface area (TPSA) is 84.6 Å². The lowest BCUT2D eigenvalue weighted by Gasteiger charge is -2.06. The molecule has 0 aliphatic heterocycles. The van der Waals surface area contributed by atoms with E-state index in [1.165, 1.54) is 6.39 Å². The van der Waals surface area contributed by atoms with Crippen molar-refractivity contribution in [2.45, 2.75) is 19.6 Å². The van der Waals surface area contributed by atoms with E-state index in [0.29, 0.717) is 24.4 Å². The van der Waals surface area contributed by atoms with Gasteiger partial charge < -0.3 is 19.6 Å². The van der Waals surface area contributed by atoms with Gasteiger partial charge in [-0.1, -0.05) is 30.3 Å². The van der Waals surface area contributed by atoms with Crippen LogP contribution in [0.2, 0.25) is 0 Å². The molecule has 0 saturated heterocycles. The lowest BCUT2D eigenvalue weighted by molar-refractivity contribution is 0.139. The molecule has 0 saturated carbocycles. The van der Waals surface area contributed by atoms with Crippen LogP contribution in [0.3, 0.4) is 0 Å². The van der Waals surface area contributed by atoms with Crippen LogP contribution in [-0.4, -0.2) is 22.7 Å². The van der Waals surface area contributed by atoms with E-state index in [9.17, 15) is 4.79 Å². The van der Waals surface area contributed by atoms with Gasteiger partial charge in [-0.15, -0.1) is 0 Å². The summed E-state index contributed by atoms with van der Waals surface area (Å²) in [7, 11) is 0. The fourth-order valence-electron chi connectivity index (χ4n) is 1.68. The second-order valence-corrected chi connectivity index (χ2v) is 4.12. The fraction of sp³-hybridized carbons (Fsp3) is 0.286. The van der Waals surface area contributed by atoms with Crippen LogP contribution < -0.4 is 5.32 Å². The van der Waals surface area contributed by atoms with E-state index in [4.69, 9.17) is 14.3 Å². The van der Waals surface area contributed by atoms with Crippen molar-refractivity contribution in [3.63, 3.8) is 0 Å². The highest BCUT2D eigenvalue weighted by Gasteiger charge is 2.08. The molecule has 0 bridgehead atoms. The van der Waals surface area contributed by atoms with Crippen LogP contribution >= 0.6 is 0 Å². The molecule has 0 fully saturated rings. The number of oxazole rings is 1. The van der Waals surface area contributed by atoms with Crippen molar-refractivity contribution < 1.29 is 19.1 Å². The molecule has 6 nitrogen and oxygen atoms in total. The number of amides is 1. The molecule has 1 heterocycles. The Hall–Kier alpha value is -2.34. The smallest absolute Gasteiger partial charge is 0.407 e. The van der Waals surface area contributed by atoms with Crippen molar-refractivity contribution in [2.24, 2.45) is 0 Å². The monoisotopic (exact) mass is 276 g/mol. The quantitative estimate of drug-likeness (QED) is 0.837. The largest absolute Gasteiger partial charge is 0.448 e. The van der Waals surface area contributed by atoms with Crippen molar-refractivity contribution in [1.82, 2.24) is 10.3 Å². The zero-order valence-corrected chi connectivity index (χ0v) is 10.9. The van der Waals surface area contributed by atoms with Crippen LogP contribution in [0.25, 0.3) is 0 Å². The molecule has 0 atom stereocenters. The van der Waals surface area contributed by atoms with Crippen molar-refractivity contribution in [1.29, 1.82) is 0 Å². The minimum Gasteiger partial charge on any atom is -0.448 e. The van der Waals surface area contributed by atoms with Gasteiger partial charge in [-0.2, -0.15) is 0 Å². The first kappa shape index (κ1) is 14.1. The number of rotatable bonds is 6. The Bertz CT molecular complexity index is 539. The molecule has 0 radical (unpaired) electrons. The number of alkyl carbamates (subject to hydrolysis) is 1. The molecule has 2 N–H and O–H groups in total. The zero-order chi connectivity index (χ0) is 14.2. The van der Waals surface area contributed by atoms with E-state index in [1.54, 1.807) is 0 Å². The second kappa shape index (κ2) is 7.30. The number of aromatic nitrogens is 1. The lowest BCUT2D eigenvalue weighted by Crippen LogP contribution is -2.26. The van der Waals surface area contributed by atoms with Gasteiger partial charge in [0.2, 0.25) is 0 Å². The summed E-state index contributed by atoms with van der Waals surface area (Å²) in [4.78, 5) is 15.3. The number of aliphatic hydroxyl groups excluding tert-OH is 1. The second-order valence-electron chi connectivity index (χ2n) is 4.12. The zero-order valence-electron chi connectivity index (χ0n) is 10.9. The standard InChI is InChI=1S/C14H16N2O4/c17-8-12-13(20-10-16-12)6-7-15-14(18)19-9-11-4-2-1-3-5-11/h1-5,10,17H,6-9H2,(H,15,18). The Morgan fingerprint density at radius 3 is 2.90 bits per heavy atom. The molecule has 0 spiro atoms. The molecular weight excluding hydrogens is 260 g/mol. The van der Waals surface area contributed by atoms with Crippen LogP contribution in [0.15, 0.2) is 41.1 Å². The fourth-order valence-corrected chi connectivity index (χ4v) is 1.68. The molecule has 2 rings (SSSR count). The van der Waals surface area contributed by atoms with Gasteiger partial charge in [-0.25, -0.2) is 9.78 Å². The first-order valence-corrected chi connectivity index (χ1v) is 6.26. The van der Waals surface area contributed by atoms with Crippen LogP contribution in [0.5, 0.6) is 0 Å². The minimum atomic E-state index is -0.487. The third-order valence-electron chi connectivity index (χ3n) is 2.71. The Kier molecular flexibility index (Phi) is 5.14. The molecule has 0 aliphatic rings. The predicted molar refractivity (Wildman–Crippen MR) is 70.8 cm³/mol. The molecule has 0 unspecified atom stereocenters. The molecule has 1 aromatic heterocycles. The maximum absolute atomic E-state index is 11.5. The highest BCUT2D eigenvalue weighted by atomic mass is 16.5. The maximum Gasteiger partial charge on any atom is 0.407 e. The Balaban J connectivity index is 1.68. The third-order valence-corrected chi connectivity index (χ3v) is 2.71. The van der Waals surface area contributed by atoms with E-state index in [-0.39, 0.29) is 13.2 Å². The number of carbonyl (C=O) groups is 1. The highest BCUT2D eigenvalue weighted by molar-refractivity contribution is 5.67. The van der Waals surface area contributed by atoms with Crippen LogP contribution in [-0.2, 0) is 24.4 Å². The minimum absolute atomic E-state index is 0.176. The van der Waals surface area contributed by atoms with Crippen molar-refractivity contribution >= 4 is 6.09 Å². The number of hydrogen-bond acceptors (Lipinski definition) is 5. The number of nitrogens with one attached hydrogen (secondary N) is 1. The average Bonchev–Trinajstić information content (AvgIpc) is 2.94. The molecule has 6 heteroatoms. The van der Waals surface area contributed by atoms with Crippen molar-refractivity contribution in [3.8, 4) is 0 Å². The van der Waals surface area contributed by atoms with Gasteiger partial charge in [0.25, 0.3) is 0 Å². The van der Waals surface area contributed by atoms with Gasteiger partial charge in [0.1, 0.15) is 18.1 Å². The molecule has 2 aromatic rings. The van der Waals surface area contributed by atoms with E-state index in [0.717, 1.165) is 5.56 Å². The summed E-state index contributed by atoms with van der Waals surface area (Å²) in [6.07, 6.45) is 1.24. The summed E-state index contributed by atoms with van der Waals surface area (Å²) in [5, 5.41) is 11.6. The average molecular weight is 276 g/mol. The summed E-state index contributed by atoms with van der Waals surface area (Å²) in [5.41, 5.74) is 1.42. The Labute approximate surface area is 116 Å². The van der Waals surface area contributed by atoms with E-state index < -0.39 is 6.09 Å². The number of hydrogen-bond donors (Lipinski definition) is 2. The number of ether oxygens (including phenoxy) is 1. The van der Waals surface area contributed by atoms with Gasteiger partial charge >= 0.3 is 6.09 Å². The van der Waals surface area contributed by atoms with Crippen LogP contribution in [0.1, 0.15) is 17.0 Å². The molecule has 1 amide bonds. The number of benzene rings is 1. The van der Waals surface area contributed by atoms with Crippen molar-refractivity contribution in [3.05, 3.63) is 53.7 Å².